The van der Waals surface area contributed by atoms with Crippen molar-refractivity contribution in [1.29, 1.82) is 0 Å². The molecule has 1 fully saturated rings. The van der Waals surface area contributed by atoms with Gasteiger partial charge in [0.2, 0.25) is 0 Å². The van der Waals surface area contributed by atoms with E-state index in [1.165, 1.54) is 0 Å². The third kappa shape index (κ3) is 3.57. The van der Waals surface area contributed by atoms with Crippen molar-refractivity contribution in [3.8, 4) is 0 Å². The molecule has 2 rings (SSSR count). The summed E-state index contributed by atoms with van der Waals surface area (Å²) in [6.07, 6.45) is 2.59. The molecule has 1 aliphatic rings. The summed E-state index contributed by atoms with van der Waals surface area (Å²) < 4.78 is 0. The summed E-state index contributed by atoms with van der Waals surface area (Å²) in [5, 5.41) is 0.287. The zero-order valence-corrected chi connectivity index (χ0v) is 11.9. The van der Waals surface area contributed by atoms with Gasteiger partial charge in [0.15, 0.2) is 0 Å². The van der Waals surface area contributed by atoms with Crippen molar-refractivity contribution in [2.75, 3.05) is 33.2 Å². The van der Waals surface area contributed by atoms with E-state index in [4.69, 9.17) is 11.6 Å². The lowest BCUT2D eigenvalue weighted by atomic mass is 10.2. The second-order valence-corrected chi connectivity index (χ2v) is 4.65. The molecule has 0 unspecified atom stereocenters. The highest BCUT2D eigenvalue weighted by Crippen LogP contribution is 2.15. The molecule has 2 heterocycles. The van der Waals surface area contributed by atoms with Crippen molar-refractivity contribution in [3.05, 3.63) is 29.0 Å². The van der Waals surface area contributed by atoms with E-state index in [-0.39, 0.29) is 23.5 Å². The van der Waals surface area contributed by atoms with Crippen LogP contribution in [0, 0.1) is 0 Å². The number of rotatable bonds is 1. The topological polar surface area (TPSA) is 36.4 Å². The summed E-state index contributed by atoms with van der Waals surface area (Å²) in [5.41, 5.74) is 0.499. The Bertz CT molecular complexity index is 414. The predicted octanol–water partition coefficient (Wildman–Crippen LogP) is 1.93. The second kappa shape index (κ2) is 6.92. The van der Waals surface area contributed by atoms with Gasteiger partial charge in [0.25, 0.3) is 5.91 Å². The third-order valence-electron chi connectivity index (χ3n) is 3.00. The van der Waals surface area contributed by atoms with Crippen LogP contribution in [0.4, 0.5) is 0 Å². The van der Waals surface area contributed by atoms with Gasteiger partial charge in [-0.3, -0.25) is 4.79 Å². The molecule has 1 aromatic heterocycles. The molecule has 18 heavy (non-hydrogen) atoms. The average Bonchev–Trinajstić information content (AvgIpc) is 2.54. The number of nitrogens with zero attached hydrogens (tertiary/aromatic N) is 3. The molecule has 0 spiro atoms. The lowest BCUT2D eigenvalue weighted by Gasteiger charge is -2.20. The highest BCUT2D eigenvalue weighted by atomic mass is 35.5. The third-order valence-corrected chi connectivity index (χ3v) is 3.30. The smallest absolute Gasteiger partial charge is 0.257 e. The molecular weight excluding hydrogens is 273 g/mol. The van der Waals surface area contributed by atoms with Crippen LogP contribution in [0.1, 0.15) is 16.8 Å². The molecule has 4 nitrogen and oxygen atoms in total. The summed E-state index contributed by atoms with van der Waals surface area (Å²) in [4.78, 5) is 20.3. The van der Waals surface area contributed by atoms with E-state index >= 15 is 0 Å². The SMILES string of the molecule is CN1CCCN(C(=O)c2cccnc2Cl)CC1.Cl. The molecule has 0 radical (unpaired) electrons. The predicted molar refractivity (Wildman–Crippen MR) is 74.5 cm³/mol. The zero-order valence-electron chi connectivity index (χ0n) is 10.3. The fraction of sp³-hybridized carbons (Fsp3) is 0.500. The van der Waals surface area contributed by atoms with Gasteiger partial charge in [0.1, 0.15) is 5.15 Å². The minimum absolute atomic E-state index is 0. The van der Waals surface area contributed by atoms with Crippen LogP contribution in [0.25, 0.3) is 0 Å². The molecule has 0 N–H and O–H groups in total. The monoisotopic (exact) mass is 289 g/mol. The van der Waals surface area contributed by atoms with Crippen molar-refractivity contribution in [2.24, 2.45) is 0 Å². The summed E-state index contributed by atoms with van der Waals surface area (Å²) in [6, 6.07) is 3.47. The number of hydrogen-bond acceptors (Lipinski definition) is 3. The maximum Gasteiger partial charge on any atom is 0.257 e. The van der Waals surface area contributed by atoms with Gasteiger partial charge < -0.3 is 9.80 Å². The van der Waals surface area contributed by atoms with Crippen LogP contribution in [0.5, 0.6) is 0 Å². The van der Waals surface area contributed by atoms with Gasteiger partial charge in [-0.05, 0) is 32.1 Å². The van der Waals surface area contributed by atoms with E-state index in [9.17, 15) is 4.79 Å². The first-order valence-electron chi connectivity index (χ1n) is 5.77. The first kappa shape index (κ1) is 15.2. The molecule has 0 atom stereocenters. The van der Waals surface area contributed by atoms with E-state index in [1.54, 1.807) is 18.3 Å². The van der Waals surface area contributed by atoms with Gasteiger partial charge in [-0.2, -0.15) is 0 Å². The van der Waals surface area contributed by atoms with Crippen LogP contribution < -0.4 is 0 Å². The highest BCUT2D eigenvalue weighted by Gasteiger charge is 2.20. The molecule has 0 bridgehead atoms. The fourth-order valence-electron chi connectivity index (χ4n) is 1.97. The minimum Gasteiger partial charge on any atom is -0.337 e. The van der Waals surface area contributed by atoms with Gasteiger partial charge in [-0.15, -0.1) is 12.4 Å². The molecule has 1 amide bonds. The number of hydrogen-bond donors (Lipinski definition) is 0. The van der Waals surface area contributed by atoms with Gasteiger partial charge in [0, 0.05) is 25.8 Å². The first-order chi connectivity index (χ1) is 8.18. The normalized spacial score (nSPS) is 16.9. The number of amides is 1. The zero-order chi connectivity index (χ0) is 12.3. The van der Waals surface area contributed by atoms with Crippen LogP contribution in [-0.2, 0) is 0 Å². The lowest BCUT2D eigenvalue weighted by molar-refractivity contribution is 0.0762. The molecule has 0 saturated carbocycles. The van der Waals surface area contributed by atoms with Crippen LogP contribution in [0.15, 0.2) is 18.3 Å². The Morgan fingerprint density at radius 2 is 2.11 bits per heavy atom. The maximum absolute atomic E-state index is 12.3. The van der Waals surface area contributed by atoms with Crippen LogP contribution in [-0.4, -0.2) is 53.9 Å². The molecule has 100 valence electrons. The second-order valence-electron chi connectivity index (χ2n) is 4.29. The highest BCUT2D eigenvalue weighted by molar-refractivity contribution is 6.32. The number of carbonyl (C=O) groups excluding carboxylic acids is 1. The number of aromatic nitrogens is 1. The van der Waals surface area contributed by atoms with Gasteiger partial charge >= 0.3 is 0 Å². The molecule has 1 aromatic rings. The number of likely N-dealkylation sites (N-methyl/N-ethyl adjacent to an activating group) is 1. The van der Waals surface area contributed by atoms with Crippen molar-refractivity contribution >= 4 is 29.9 Å². The summed E-state index contributed by atoms with van der Waals surface area (Å²) in [6.45, 7) is 3.48. The first-order valence-corrected chi connectivity index (χ1v) is 6.14. The van der Waals surface area contributed by atoms with Crippen molar-refractivity contribution in [2.45, 2.75) is 6.42 Å². The average molecular weight is 290 g/mol. The number of carbonyl (C=O) groups is 1. The number of pyridine rings is 1. The maximum atomic E-state index is 12.3. The van der Waals surface area contributed by atoms with Gasteiger partial charge in [0.05, 0.1) is 5.56 Å². The standard InChI is InChI=1S/C12H16ClN3O.ClH/c1-15-6-3-7-16(9-8-15)12(17)10-4-2-5-14-11(10)13;/h2,4-5H,3,6-9H2,1H3;1H. The van der Waals surface area contributed by atoms with Crippen molar-refractivity contribution < 1.29 is 4.79 Å². The van der Waals surface area contributed by atoms with E-state index < -0.39 is 0 Å². The Labute approximate surface area is 118 Å². The Morgan fingerprint density at radius 3 is 2.83 bits per heavy atom. The Morgan fingerprint density at radius 1 is 1.33 bits per heavy atom. The van der Waals surface area contributed by atoms with E-state index in [0.29, 0.717) is 5.56 Å². The minimum atomic E-state index is -0.0154. The summed E-state index contributed by atoms with van der Waals surface area (Å²) in [5.74, 6) is -0.0154. The molecular formula is C12H17Cl2N3O. The van der Waals surface area contributed by atoms with Crippen LogP contribution >= 0.6 is 24.0 Å². The Kier molecular flexibility index (Phi) is 5.85. The molecule has 0 aromatic carbocycles. The van der Waals surface area contributed by atoms with Gasteiger partial charge in [-0.1, -0.05) is 11.6 Å². The van der Waals surface area contributed by atoms with Crippen molar-refractivity contribution in [3.63, 3.8) is 0 Å². The Balaban J connectivity index is 0.00000162. The van der Waals surface area contributed by atoms with Crippen LogP contribution in [0.2, 0.25) is 5.15 Å². The fourth-order valence-corrected chi connectivity index (χ4v) is 2.17. The molecule has 1 saturated heterocycles. The molecule has 0 aliphatic carbocycles. The van der Waals surface area contributed by atoms with Gasteiger partial charge in [-0.25, -0.2) is 4.98 Å². The van der Waals surface area contributed by atoms with E-state index in [2.05, 4.69) is 16.9 Å². The largest absolute Gasteiger partial charge is 0.337 e. The van der Waals surface area contributed by atoms with Crippen molar-refractivity contribution in [1.82, 2.24) is 14.8 Å². The lowest BCUT2D eigenvalue weighted by Crippen LogP contribution is -2.34. The Hall–Kier alpha value is -0.840. The van der Waals surface area contributed by atoms with E-state index in [1.807, 2.05) is 4.90 Å². The van der Waals surface area contributed by atoms with E-state index in [0.717, 1.165) is 32.6 Å². The molecule has 6 heteroatoms. The van der Waals surface area contributed by atoms with Crippen LogP contribution in [0.3, 0.4) is 0 Å². The molecule has 1 aliphatic heterocycles. The quantitative estimate of drug-likeness (QED) is 0.742. The summed E-state index contributed by atoms with van der Waals surface area (Å²) in [7, 11) is 2.07. The summed E-state index contributed by atoms with van der Waals surface area (Å²) >= 11 is 5.94. The number of halogens is 2.